The Hall–Kier alpha value is -3.44. The molecule has 1 aromatic carbocycles. The number of nitriles is 2. The first-order valence-electron chi connectivity index (χ1n) is 6.67. The molecule has 3 rings (SSSR count). The zero-order chi connectivity index (χ0) is 15.4. The second kappa shape index (κ2) is 5.90. The van der Waals surface area contributed by atoms with Gasteiger partial charge in [0.25, 0.3) is 0 Å². The Morgan fingerprint density at radius 2 is 1.77 bits per heavy atom. The standard InChI is InChI=1S/C17H11N5/c18-9-16(10-19)21-11-13-1-3-14(4-2-13)15-5-6-17-20-7-8-22(17)12-15/h1-8,12H,11H2. The molecule has 0 saturated heterocycles. The fourth-order valence-corrected chi connectivity index (χ4v) is 2.16. The number of fused-ring (bicyclic) bond motifs is 1. The fraction of sp³-hybridized carbons (Fsp3) is 0.0588. The smallest absolute Gasteiger partial charge is 0.213 e. The number of aliphatic imine (C=N–C) groups is 1. The summed E-state index contributed by atoms with van der Waals surface area (Å²) >= 11 is 0. The normalized spacial score (nSPS) is 9.91. The maximum absolute atomic E-state index is 8.65. The van der Waals surface area contributed by atoms with Gasteiger partial charge in [-0.2, -0.15) is 10.5 Å². The molecule has 0 fully saturated rings. The summed E-state index contributed by atoms with van der Waals surface area (Å²) in [6.07, 6.45) is 5.70. The van der Waals surface area contributed by atoms with E-state index in [2.05, 4.69) is 9.98 Å². The summed E-state index contributed by atoms with van der Waals surface area (Å²) in [5.74, 6) is 0. The third-order valence-corrected chi connectivity index (χ3v) is 3.31. The van der Waals surface area contributed by atoms with Crippen molar-refractivity contribution in [1.29, 1.82) is 10.5 Å². The first-order valence-corrected chi connectivity index (χ1v) is 6.67. The van der Waals surface area contributed by atoms with Gasteiger partial charge in [0.15, 0.2) is 0 Å². The Kier molecular flexibility index (Phi) is 3.63. The Bertz CT molecular complexity index is 904. The molecule has 0 spiro atoms. The zero-order valence-electron chi connectivity index (χ0n) is 11.6. The molecule has 0 aliphatic rings. The quantitative estimate of drug-likeness (QED) is 0.694. The summed E-state index contributed by atoms with van der Waals surface area (Å²) in [4.78, 5) is 8.17. The highest BCUT2D eigenvalue weighted by atomic mass is 15.0. The Morgan fingerprint density at radius 1 is 1.05 bits per heavy atom. The van der Waals surface area contributed by atoms with Crippen LogP contribution in [-0.2, 0) is 6.54 Å². The number of benzene rings is 1. The van der Waals surface area contributed by atoms with Crippen LogP contribution in [-0.4, -0.2) is 15.1 Å². The van der Waals surface area contributed by atoms with Gasteiger partial charge in [-0.1, -0.05) is 24.3 Å². The van der Waals surface area contributed by atoms with Crippen LogP contribution >= 0.6 is 0 Å². The van der Waals surface area contributed by atoms with E-state index in [1.165, 1.54) is 0 Å². The van der Waals surface area contributed by atoms with Gasteiger partial charge < -0.3 is 4.40 Å². The molecule has 0 aliphatic heterocycles. The number of hydrogen-bond donors (Lipinski definition) is 0. The number of nitrogens with zero attached hydrogens (tertiary/aromatic N) is 5. The Labute approximate surface area is 127 Å². The zero-order valence-corrected chi connectivity index (χ0v) is 11.6. The molecular weight excluding hydrogens is 274 g/mol. The highest BCUT2D eigenvalue weighted by molar-refractivity contribution is 6.10. The monoisotopic (exact) mass is 285 g/mol. The molecule has 0 aliphatic carbocycles. The van der Waals surface area contributed by atoms with Gasteiger partial charge in [0, 0.05) is 18.6 Å². The summed E-state index contributed by atoms with van der Waals surface area (Å²) in [5, 5.41) is 17.3. The molecule has 0 radical (unpaired) electrons. The minimum Gasteiger partial charge on any atom is -0.306 e. The topological polar surface area (TPSA) is 77.2 Å². The van der Waals surface area contributed by atoms with Crippen molar-refractivity contribution < 1.29 is 0 Å². The minimum atomic E-state index is -0.102. The molecule has 0 amide bonds. The maximum atomic E-state index is 8.65. The average Bonchev–Trinajstić information content (AvgIpc) is 3.04. The van der Waals surface area contributed by atoms with E-state index in [0.29, 0.717) is 6.54 Å². The molecule has 2 heterocycles. The van der Waals surface area contributed by atoms with E-state index in [4.69, 9.17) is 10.5 Å². The van der Waals surface area contributed by atoms with Gasteiger partial charge in [0.2, 0.25) is 5.71 Å². The highest BCUT2D eigenvalue weighted by Gasteiger charge is 2.01. The van der Waals surface area contributed by atoms with E-state index in [1.54, 1.807) is 18.3 Å². The van der Waals surface area contributed by atoms with Gasteiger partial charge in [-0.05, 0) is 28.8 Å². The Balaban J connectivity index is 1.83. The van der Waals surface area contributed by atoms with Crippen LogP contribution in [0.25, 0.3) is 16.8 Å². The molecule has 104 valence electrons. The molecule has 0 bridgehead atoms. The van der Waals surface area contributed by atoms with E-state index in [9.17, 15) is 0 Å². The fourth-order valence-electron chi connectivity index (χ4n) is 2.16. The van der Waals surface area contributed by atoms with Crippen LogP contribution in [0.2, 0.25) is 0 Å². The van der Waals surface area contributed by atoms with Crippen molar-refractivity contribution in [2.45, 2.75) is 6.54 Å². The lowest BCUT2D eigenvalue weighted by atomic mass is 10.1. The lowest BCUT2D eigenvalue weighted by molar-refractivity contribution is 1.07. The van der Waals surface area contributed by atoms with Crippen molar-refractivity contribution in [3.63, 3.8) is 0 Å². The number of pyridine rings is 1. The van der Waals surface area contributed by atoms with Crippen LogP contribution < -0.4 is 0 Å². The van der Waals surface area contributed by atoms with Crippen LogP contribution in [0.1, 0.15) is 5.56 Å². The second-order valence-corrected chi connectivity index (χ2v) is 4.70. The number of rotatable bonds is 3. The number of aromatic nitrogens is 2. The van der Waals surface area contributed by atoms with Gasteiger partial charge >= 0.3 is 0 Å². The minimum absolute atomic E-state index is 0.102. The summed E-state index contributed by atoms with van der Waals surface area (Å²) in [6, 6.07) is 15.4. The van der Waals surface area contributed by atoms with Gasteiger partial charge in [-0.25, -0.2) is 4.98 Å². The molecule has 5 heteroatoms. The molecular formula is C17H11N5. The van der Waals surface area contributed by atoms with Gasteiger partial charge in [-0.3, -0.25) is 4.99 Å². The third-order valence-electron chi connectivity index (χ3n) is 3.31. The summed E-state index contributed by atoms with van der Waals surface area (Å²) in [7, 11) is 0. The Morgan fingerprint density at radius 3 is 2.50 bits per heavy atom. The van der Waals surface area contributed by atoms with E-state index in [1.807, 2.05) is 53.2 Å². The molecule has 5 nitrogen and oxygen atoms in total. The van der Waals surface area contributed by atoms with Gasteiger partial charge in [-0.15, -0.1) is 0 Å². The van der Waals surface area contributed by atoms with Crippen LogP contribution in [0.5, 0.6) is 0 Å². The van der Waals surface area contributed by atoms with E-state index >= 15 is 0 Å². The molecule has 2 aromatic heterocycles. The molecule has 0 unspecified atom stereocenters. The van der Waals surface area contributed by atoms with Crippen LogP contribution in [0.4, 0.5) is 0 Å². The number of hydrogen-bond acceptors (Lipinski definition) is 4. The van der Waals surface area contributed by atoms with Crippen molar-refractivity contribution in [1.82, 2.24) is 9.38 Å². The summed E-state index contributed by atoms with van der Waals surface area (Å²) in [5.41, 5.74) is 3.94. The van der Waals surface area contributed by atoms with E-state index in [0.717, 1.165) is 22.3 Å². The largest absolute Gasteiger partial charge is 0.306 e. The van der Waals surface area contributed by atoms with Crippen molar-refractivity contribution in [2.24, 2.45) is 4.99 Å². The predicted molar refractivity (Wildman–Crippen MR) is 83.0 cm³/mol. The van der Waals surface area contributed by atoms with Crippen molar-refractivity contribution in [3.05, 3.63) is 60.6 Å². The number of imidazole rings is 1. The van der Waals surface area contributed by atoms with E-state index < -0.39 is 0 Å². The highest BCUT2D eigenvalue weighted by Crippen LogP contribution is 2.20. The van der Waals surface area contributed by atoms with Crippen molar-refractivity contribution >= 4 is 11.4 Å². The van der Waals surface area contributed by atoms with Crippen molar-refractivity contribution in [3.8, 4) is 23.3 Å². The summed E-state index contributed by atoms with van der Waals surface area (Å²) in [6.45, 7) is 0.331. The first-order chi connectivity index (χ1) is 10.8. The first kappa shape index (κ1) is 13.5. The molecule has 22 heavy (non-hydrogen) atoms. The van der Waals surface area contributed by atoms with E-state index in [-0.39, 0.29) is 5.71 Å². The lowest BCUT2D eigenvalue weighted by Gasteiger charge is -2.04. The summed E-state index contributed by atoms with van der Waals surface area (Å²) < 4.78 is 1.97. The maximum Gasteiger partial charge on any atom is 0.213 e. The molecule has 0 saturated carbocycles. The molecule has 0 N–H and O–H groups in total. The van der Waals surface area contributed by atoms with Crippen LogP contribution in [0, 0.1) is 22.7 Å². The van der Waals surface area contributed by atoms with Crippen LogP contribution in [0.3, 0.4) is 0 Å². The van der Waals surface area contributed by atoms with Gasteiger partial charge in [0.05, 0.1) is 6.54 Å². The predicted octanol–water partition coefficient (Wildman–Crippen LogP) is 2.99. The molecule has 3 aromatic rings. The van der Waals surface area contributed by atoms with Crippen molar-refractivity contribution in [2.75, 3.05) is 0 Å². The van der Waals surface area contributed by atoms with Crippen LogP contribution in [0.15, 0.2) is 60.0 Å². The average molecular weight is 285 g/mol. The lowest BCUT2D eigenvalue weighted by Crippen LogP contribution is -1.91. The van der Waals surface area contributed by atoms with Gasteiger partial charge in [0.1, 0.15) is 17.8 Å². The molecule has 0 atom stereocenters. The third kappa shape index (κ3) is 2.70. The second-order valence-electron chi connectivity index (χ2n) is 4.70. The SMILES string of the molecule is N#CC(C#N)=NCc1ccc(-c2ccc3nccn3c2)cc1.